The molecule has 8 nitrogen and oxygen atoms in total. The van der Waals surface area contributed by atoms with Crippen LogP contribution in [-0.2, 0) is 14.8 Å². The van der Waals surface area contributed by atoms with E-state index in [-0.39, 0.29) is 12.1 Å². The number of carbonyl (C=O) groups is 2. The SMILES string of the molecule is CCOc1ccc(NC(=O)CNC(=O)c2ccc(F)c(S(=O)(=O)N3CCCC3)c2)cc1. The second kappa shape index (κ2) is 9.88. The van der Waals surface area contributed by atoms with Crippen molar-refractivity contribution >= 4 is 27.5 Å². The molecule has 0 atom stereocenters. The molecule has 10 heteroatoms. The number of hydrogen-bond donors (Lipinski definition) is 2. The first kappa shape index (κ1) is 22.7. The van der Waals surface area contributed by atoms with E-state index in [1.807, 2.05) is 6.92 Å². The van der Waals surface area contributed by atoms with Gasteiger partial charge in [0.1, 0.15) is 16.5 Å². The van der Waals surface area contributed by atoms with Crippen molar-refractivity contribution in [1.82, 2.24) is 9.62 Å². The second-order valence-corrected chi connectivity index (χ2v) is 8.85. The Morgan fingerprint density at radius 3 is 2.42 bits per heavy atom. The molecule has 0 spiro atoms. The summed E-state index contributed by atoms with van der Waals surface area (Å²) in [5.41, 5.74) is 0.483. The Hall–Kier alpha value is -2.98. The third-order valence-electron chi connectivity index (χ3n) is 4.73. The Balaban J connectivity index is 1.62. The van der Waals surface area contributed by atoms with Gasteiger partial charge in [-0.2, -0.15) is 4.31 Å². The van der Waals surface area contributed by atoms with Crippen molar-refractivity contribution in [1.29, 1.82) is 0 Å². The molecule has 1 aliphatic heterocycles. The van der Waals surface area contributed by atoms with Gasteiger partial charge in [0.2, 0.25) is 15.9 Å². The molecule has 2 N–H and O–H groups in total. The lowest BCUT2D eigenvalue weighted by Crippen LogP contribution is -2.33. The number of sulfonamides is 1. The third-order valence-corrected chi connectivity index (χ3v) is 6.65. The Morgan fingerprint density at radius 1 is 1.10 bits per heavy atom. The maximum Gasteiger partial charge on any atom is 0.251 e. The minimum atomic E-state index is -4.02. The molecule has 0 saturated carbocycles. The molecular weight excluding hydrogens is 425 g/mol. The highest BCUT2D eigenvalue weighted by Gasteiger charge is 2.30. The van der Waals surface area contributed by atoms with E-state index >= 15 is 0 Å². The molecule has 0 radical (unpaired) electrons. The standard InChI is InChI=1S/C21H24FN3O5S/c1-2-30-17-8-6-16(7-9-17)24-20(26)14-23-21(27)15-5-10-18(22)19(13-15)31(28,29)25-11-3-4-12-25/h5-10,13H,2-4,11-12,14H2,1H3,(H,23,27)(H,24,26). The Morgan fingerprint density at radius 2 is 1.77 bits per heavy atom. The number of benzene rings is 2. The summed E-state index contributed by atoms with van der Waals surface area (Å²) in [4.78, 5) is 23.9. The number of anilines is 1. The van der Waals surface area contributed by atoms with E-state index in [0.29, 0.717) is 44.0 Å². The lowest BCUT2D eigenvalue weighted by Gasteiger charge is -2.16. The summed E-state index contributed by atoms with van der Waals surface area (Å²) in [5.74, 6) is -1.40. The molecule has 2 aromatic rings. The van der Waals surface area contributed by atoms with E-state index in [4.69, 9.17) is 4.74 Å². The van der Waals surface area contributed by atoms with Crippen molar-refractivity contribution in [3.63, 3.8) is 0 Å². The number of nitrogens with zero attached hydrogens (tertiary/aromatic N) is 1. The minimum absolute atomic E-state index is 0.0481. The van der Waals surface area contributed by atoms with Crippen LogP contribution in [0.1, 0.15) is 30.1 Å². The fraction of sp³-hybridized carbons (Fsp3) is 0.333. The van der Waals surface area contributed by atoms with Gasteiger partial charge in [0.05, 0.1) is 13.2 Å². The van der Waals surface area contributed by atoms with Gasteiger partial charge in [-0.05, 0) is 62.2 Å². The predicted molar refractivity (Wildman–Crippen MR) is 113 cm³/mol. The van der Waals surface area contributed by atoms with Crippen molar-refractivity contribution in [3.05, 3.63) is 53.8 Å². The van der Waals surface area contributed by atoms with Crippen LogP contribution >= 0.6 is 0 Å². The van der Waals surface area contributed by atoms with Crippen LogP contribution in [0.15, 0.2) is 47.4 Å². The molecule has 166 valence electrons. The molecule has 0 unspecified atom stereocenters. The van der Waals surface area contributed by atoms with E-state index in [0.717, 1.165) is 12.1 Å². The van der Waals surface area contributed by atoms with Gasteiger partial charge in [0, 0.05) is 24.3 Å². The molecule has 0 aromatic heterocycles. The van der Waals surface area contributed by atoms with Crippen molar-refractivity contribution in [2.24, 2.45) is 0 Å². The van der Waals surface area contributed by atoms with Gasteiger partial charge in [-0.15, -0.1) is 0 Å². The number of nitrogens with one attached hydrogen (secondary N) is 2. The normalized spacial score (nSPS) is 14.3. The molecular formula is C21H24FN3O5S. The van der Waals surface area contributed by atoms with Gasteiger partial charge < -0.3 is 15.4 Å². The summed E-state index contributed by atoms with van der Waals surface area (Å²) in [7, 11) is -4.02. The highest BCUT2D eigenvalue weighted by molar-refractivity contribution is 7.89. The fourth-order valence-electron chi connectivity index (χ4n) is 3.18. The van der Waals surface area contributed by atoms with E-state index in [2.05, 4.69) is 10.6 Å². The van der Waals surface area contributed by atoms with Crippen LogP contribution in [0.25, 0.3) is 0 Å². The van der Waals surface area contributed by atoms with Gasteiger partial charge >= 0.3 is 0 Å². The monoisotopic (exact) mass is 449 g/mol. The summed E-state index contributed by atoms with van der Waals surface area (Å²) < 4.78 is 46.0. The molecule has 2 aromatic carbocycles. The average molecular weight is 450 g/mol. The largest absolute Gasteiger partial charge is 0.494 e. The molecule has 0 aliphatic carbocycles. The van der Waals surface area contributed by atoms with Gasteiger partial charge in [-0.25, -0.2) is 12.8 Å². The van der Waals surface area contributed by atoms with Gasteiger partial charge in [-0.1, -0.05) is 0 Å². The smallest absolute Gasteiger partial charge is 0.251 e. The van der Waals surface area contributed by atoms with Crippen LogP contribution < -0.4 is 15.4 Å². The molecule has 0 bridgehead atoms. The molecule has 1 saturated heterocycles. The lowest BCUT2D eigenvalue weighted by molar-refractivity contribution is -0.115. The van der Waals surface area contributed by atoms with Crippen molar-refractivity contribution in [2.45, 2.75) is 24.7 Å². The highest BCUT2D eigenvalue weighted by Crippen LogP contribution is 2.24. The number of carbonyl (C=O) groups excluding carboxylic acids is 2. The third kappa shape index (κ3) is 5.59. The molecule has 1 fully saturated rings. The summed E-state index contributed by atoms with van der Waals surface area (Å²) in [6, 6.07) is 9.87. The van der Waals surface area contributed by atoms with Crippen LogP contribution in [0.5, 0.6) is 5.75 Å². The highest BCUT2D eigenvalue weighted by atomic mass is 32.2. The summed E-state index contributed by atoms with van der Waals surface area (Å²) >= 11 is 0. The molecule has 1 heterocycles. The van der Waals surface area contributed by atoms with Crippen LogP contribution in [0.3, 0.4) is 0 Å². The lowest BCUT2D eigenvalue weighted by atomic mass is 10.2. The topological polar surface area (TPSA) is 105 Å². The molecule has 1 aliphatic rings. The summed E-state index contributed by atoms with van der Waals surface area (Å²) in [5, 5.41) is 5.04. The van der Waals surface area contributed by atoms with E-state index < -0.39 is 32.6 Å². The first-order chi connectivity index (χ1) is 14.8. The quantitative estimate of drug-likeness (QED) is 0.644. The number of rotatable bonds is 8. The first-order valence-electron chi connectivity index (χ1n) is 9.92. The zero-order valence-corrected chi connectivity index (χ0v) is 17.9. The fourth-order valence-corrected chi connectivity index (χ4v) is 4.79. The van der Waals surface area contributed by atoms with Crippen LogP contribution in [0.2, 0.25) is 0 Å². The zero-order chi connectivity index (χ0) is 22.4. The van der Waals surface area contributed by atoms with Crippen LogP contribution in [0, 0.1) is 5.82 Å². The Labute approximate surface area is 180 Å². The van der Waals surface area contributed by atoms with E-state index in [1.54, 1.807) is 24.3 Å². The van der Waals surface area contributed by atoms with Crippen molar-refractivity contribution < 1.29 is 27.1 Å². The Bertz CT molecular complexity index is 1050. The number of halogens is 1. The maximum absolute atomic E-state index is 14.2. The van der Waals surface area contributed by atoms with Gasteiger partial charge in [0.25, 0.3) is 5.91 Å². The van der Waals surface area contributed by atoms with Crippen LogP contribution in [0.4, 0.5) is 10.1 Å². The summed E-state index contributed by atoms with van der Waals surface area (Å²) in [6.45, 7) is 2.71. The van der Waals surface area contributed by atoms with E-state index in [9.17, 15) is 22.4 Å². The predicted octanol–water partition coefficient (Wildman–Crippen LogP) is 2.38. The van der Waals surface area contributed by atoms with E-state index in [1.165, 1.54) is 10.4 Å². The molecule has 31 heavy (non-hydrogen) atoms. The van der Waals surface area contributed by atoms with Gasteiger partial charge in [0.15, 0.2) is 0 Å². The number of ether oxygens (including phenoxy) is 1. The molecule has 2 amide bonds. The van der Waals surface area contributed by atoms with Crippen LogP contribution in [-0.4, -0.2) is 50.8 Å². The van der Waals surface area contributed by atoms with Crippen molar-refractivity contribution in [2.75, 3.05) is 31.6 Å². The maximum atomic E-state index is 14.2. The minimum Gasteiger partial charge on any atom is -0.494 e. The van der Waals surface area contributed by atoms with Gasteiger partial charge in [-0.3, -0.25) is 9.59 Å². The average Bonchev–Trinajstić information content (AvgIpc) is 3.30. The number of hydrogen-bond acceptors (Lipinski definition) is 5. The number of amides is 2. The first-order valence-corrected chi connectivity index (χ1v) is 11.4. The second-order valence-electron chi connectivity index (χ2n) is 6.94. The molecule has 3 rings (SSSR count). The van der Waals surface area contributed by atoms with Crippen molar-refractivity contribution in [3.8, 4) is 5.75 Å². The summed E-state index contributed by atoms with van der Waals surface area (Å²) in [6.07, 6.45) is 1.43. The zero-order valence-electron chi connectivity index (χ0n) is 17.1. The Kier molecular flexibility index (Phi) is 7.24.